The fourth-order valence-electron chi connectivity index (χ4n) is 2.91. The molecule has 0 aromatic heterocycles. The van der Waals surface area contributed by atoms with Crippen molar-refractivity contribution in [2.45, 2.75) is 12.7 Å². The van der Waals surface area contributed by atoms with E-state index >= 15 is 0 Å². The second kappa shape index (κ2) is 12.0. The van der Waals surface area contributed by atoms with Crippen LogP contribution in [0, 0.1) is 0 Å². The second-order valence-corrected chi connectivity index (χ2v) is 6.28. The van der Waals surface area contributed by atoms with Gasteiger partial charge in [0.1, 0.15) is 34.5 Å². The van der Waals surface area contributed by atoms with Crippen LogP contribution in [0.1, 0.15) is 27.1 Å². The highest BCUT2D eigenvalue weighted by molar-refractivity contribution is 5.85. The SMILES string of the molecule is C=C/C=C\CC(Oc1cc(OC)c(C=O)c(OC)c1)Oc1cc(OC)c(C=O)c(OC)c1. The van der Waals surface area contributed by atoms with Crippen LogP contribution >= 0.6 is 0 Å². The first-order valence-electron chi connectivity index (χ1n) is 9.58. The monoisotopic (exact) mass is 442 g/mol. The van der Waals surface area contributed by atoms with E-state index in [1.165, 1.54) is 28.4 Å². The zero-order chi connectivity index (χ0) is 23.5. The number of carbonyl (C=O) groups is 2. The Morgan fingerprint density at radius 2 is 1.12 bits per heavy atom. The first kappa shape index (κ1) is 24.3. The Hall–Kier alpha value is -3.94. The Kier molecular flexibility index (Phi) is 9.16. The van der Waals surface area contributed by atoms with Gasteiger partial charge < -0.3 is 28.4 Å². The molecule has 0 bridgehead atoms. The molecule has 0 aliphatic rings. The smallest absolute Gasteiger partial charge is 0.244 e. The topological polar surface area (TPSA) is 89.5 Å². The molecular formula is C24H26O8. The van der Waals surface area contributed by atoms with Gasteiger partial charge in [-0.25, -0.2) is 0 Å². The van der Waals surface area contributed by atoms with Crippen molar-refractivity contribution in [2.24, 2.45) is 0 Å². The highest BCUT2D eigenvalue weighted by Gasteiger charge is 2.19. The van der Waals surface area contributed by atoms with E-state index in [4.69, 9.17) is 28.4 Å². The summed E-state index contributed by atoms with van der Waals surface area (Å²) in [6.45, 7) is 3.65. The molecule has 0 aliphatic heterocycles. The van der Waals surface area contributed by atoms with Crippen LogP contribution in [0.5, 0.6) is 34.5 Å². The summed E-state index contributed by atoms with van der Waals surface area (Å²) in [7, 11) is 5.78. The summed E-state index contributed by atoms with van der Waals surface area (Å²) in [6.07, 6.45) is 6.07. The van der Waals surface area contributed by atoms with Crippen LogP contribution in [-0.4, -0.2) is 47.3 Å². The largest absolute Gasteiger partial charge is 0.496 e. The molecule has 0 spiro atoms. The maximum atomic E-state index is 11.4. The molecule has 0 saturated heterocycles. The predicted molar refractivity (Wildman–Crippen MR) is 119 cm³/mol. The number of hydrogen-bond acceptors (Lipinski definition) is 8. The summed E-state index contributed by atoms with van der Waals surface area (Å²) in [5.74, 6) is 1.93. The van der Waals surface area contributed by atoms with E-state index in [1.807, 2.05) is 6.08 Å². The predicted octanol–water partition coefficient (Wildman–Crippen LogP) is 4.26. The third-order valence-corrected chi connectivity index (χ3v) is 4.41. The molecule has 0 heterocycles. The highest BCUT2D eigenvalue weighted by atomic mass is 16.7. The van der Waals surface area contributed by atoms with Crippen molar-refractivity contribution >= 4 is 12.6 Å². The maximum absolute atomic E-state index is 11.4. The normalized spacial score (nSPS) is 10.5. The highest BCUT2D eigenvalue weighted by Crippen LogP contribution is 2.35. The van der Waals surface area contributed by atoms with E-state index in [-0.39, 0.29) is 11.1 Å². The van der Waals surface area contributed by atoms with E-state index in [9.17, 15) is 9.59 Å². The lowest BCUT2D eigenvalue weighted by molar-refractivity contribution is 0.00826. The van der Waals surface area contributed by atoms with Crippen molar-refractivity contribution in [3.63, 3.8) is 0 Å². The number of methoxy groups -OCH3 is 4. The molecule has 0 aliphatic carbocycles. The first-order valence-corrected chi connectivity index (χ1v) is 9.58. The number of allylic oxidation sites excluding steroid dienone is 2. The summed E-state index contributed by atoms with van der Waals surface area (Å²) in [4.78, 5) is 22.8. The van der Waals surface area contributed by atoms with Crippen LogP contribution in [0.3, 0.4) is 0 Å². The lowest BCUT2D eigenvalue weighted by Crippen LogP contribution is -2.23. The average Bonchev–Trinajstić information content (AvgIpc) is 2.82. The van der Waals surface area contributed by atoms with E-state index in [0.29, 0.717) is 53.5 Å². The number of carbonyl (C=O) groups excluding carboxylic acids is 2. The van der Waals surface area contributed by atoms with Crippen molar-refractivity contribution in [1.82, 2.24) is 0 Å². The van der Waals surface area contributed by atoms with E-state index in [2.05, 4.69) is 6.58 Å². The van der Waals surface area contributed by atoms with E-state index in [1.54, 1.807) is 36.4 Å². The summed E-state index contributed by atoms with van der Waals surface area (Å²) in [5.41, 5.74) is 0.538. The van der Waals surface area contributed by atoms with Crippen LogP contribution < -0.4 is 28.4 Å². The minimum Gasteiger partial charge on any atom is -0.496 e. The molecular weight excluding hydrogens is 416 g/mol. The third kappa shape index (κ3) is 5.81. The quantitative estimate of drug-likeness (QED) is 0.258. The molecule has 0 saturated carbocycles. The van der Waals surface area contributed by atoms with Gasteiger partial charge in [-0.05, 0) is 0 Å². The molecule has 32 heavy (non-hydrogen) atoms. The fourth-order valence-corrected chi connectivity index (χ4v) is 2.91. The zero-order valence-electron chi connectivity index (χ0n) is 18.5. The van der Waals surface area contributed by atoms with Crippen LogP contribution in [0.25, 0.3) is 0 Å². The number of ether oxygens (including phenoxy) is 6. The van der Waals surface area contributed by atoms with Gasteiger partial charge in [0.05, 0.1) is 39.6 Å². The molecule has 0 N–H and O–H groups in total. The Balaban J connectivity index is 2.41. The Labute approximate surface area is 186 Å². The van der Waals surface area contributed by atoms with E-state index in [0.717, 1.165) is 0 Å². The molecule has 8 nitrogen and oxygen atoms in total. The van der Waals surface area contributed by atoms with Gasteiger partial charge in [0.15, 0.2) is 12.6 Å². The molecule has 0 amide bonds. The number of rotatable bonds is 13. The van der Waals surface area contributed by atoms with Crippen molar-refractivity contribution in [2.75, 3.05) is 28.4 Å². The molecule has 2 rings (SSSR count). The average molecular weight is 442 g/mol. The molecule has 0 unspecified atom stereocenters. The standard InChI is InChI=1S/C24H26O8/c1-6-7-8-9-24(31-16-10-20(27-2)18(14-25)21(11-16)28-3)32-17-12-22(29-4)19(15-26)23(13-17)30-5/h6-8,10-15,24H,1,9H2,2-5H3/b8-7-. The summed E-state index contributed by atoms with van der Waals surface area (Å²) in [5, 5.41) is 0. The zero-order valence-corrected chi connectivity index (χ0v) is 18.5. The molecule has 2 aromatic carbocycles. The molecule has 0 radical (unpaired) electrons. The van der Waals surface area contributed by atoms with Crippen LogP contribution in [0.15, 0.2) is 49.1 Å². The Morgan fingerprint density at radius 1 is 0.750 bits per heavy atom. The van der Waals surface area contributed by atoms with Gasteiger partial charge in [-0.15, -0.1) is 0 Å². The van der Waals surface area contributed by atoms with Crippen molar-refractivity contribution in [1.29, 1.82) is 0 Å². The lowest BCUT2D eigenvalue weighted by atomic mass is 10.2. The Bertz CT molecular complexity index is 860. The number of aldehydes is 2. The molecule has 0 fully saturated rings. The lowest BCUT2D eigenvalue weighted by Gasteiger charge is -2.22. The third-order valence-electron chi connectivity index (χ3n) is 4.41. The van der Waals surface area contributed by atoms with Crippen molar-refractivity contribution in [3.8, 4) is 34.5 Å². The van der Waals surface area contributed by atoms with Gasteiger partial charge in [-0.3, -0.25) is 9.59 Å². The summed E-state index contributed by atoms with van der Waals surface area (Å²) < 4.78 is 33.2. The molecule has 8 heteroatoms. The molecule has 2 aromatic rings. The Morgan fingerprint density at radius 3 is 1.41 bits per heavy atom. The summed E-state index contributed by atoms with van der Waals surface area (Å²) in [6, 6.07) is 6.26. The molecule has 170 valence electrons. The van der Waals surface area contributed by atoms with Gasteiger partial charge in [0.2, 0.25) is 6.29 Å². The first-order chi connectivity index (χ1) is 15.5. The maximum Gasteiger partial charge on any atom is 0.244 e. The minimum absolute atomic E-state index is 0.269. The van der Waals surface area contributed by atoms with Gasteiger partial charge in [0, 0.05) is 30.7 Å². The minimum atomic E-state index is -0.792. The van der Waals surface area contributed by atoms with Gasteiger partial charge >= 0.3 is 0 Å². The van der Waals surface area contributed by atoms with Crippen molar-refractivity contribution < 1.29 is 38.0 Å². The summed E-state index contributed by atoms with van der Waals surface area (Å²) >= 11 is 0. The number of hydrogen-bond donors (Lipinski definition) is 0. The van der Waals surface area contributed by atoms with Crippen LogP contribution in [0.2, 0.25) is 0 Å². The van der Waals surface area contributed by atoms with E-state index < -0.39 is 6.29 Å². The van der Waals surface area contributed by atoms with Crippen molar-refractivity contribution in [3.05, 3.63) is 60.2 Å². The second-order valence-electron chi connectivity index (χ2n) is 6.28. The van der Waals surface area contributed by atoms with Gasteiger partial charge in [-0.2, -0.15) is 0 Å². The van der Waals surface area contributed by atoms with Gasteiger partial charge in [-0.1, -0.05) is 24.8 Å². The molecule has 0 atom stereocenters. The van der Waals surface area contributed by atoms with Crippen LogP contribution in [0.4, 0.5) is 0 Å². The number of benzene rings is 2. The van der Waals surface area contributed by atoms with Gasteiger partial charge in [0.25, 0.3) is 0 Å². The fraction of sp³-hybridized carbons (Fsp3) is 0.250. The van der Waals surface area contributed by atoms with Crippen LogP contribution in [-0.2, 0) is 0 Å².